The molecule has 11 heteroatoms. The van der Waals surface area contributed by atoms with Gasteiger partial charge < -0.3 is 5.32 Å². The van der Waals surface area contributed by atoms with E-state index in [1.807, 2.05) is 0 Å². The first-order valence-corrected chi connectivity index (χ1v) is 9.43. The average Bonchev–Trinajstić information content (AvgIpc) is 3.22. The number of nitrogens with two attached hydrogens (primary N) is 1. The smallest absolute Gasteiger partial charge is 0.277 e. The molecule has 2 aromatic heterocycles. The molecule has 3 rings (SSSR count). The number of rotatable bonds is 6. The van der Waals surface area contributed by atoms with E-state index in [0.717, 1.165) is 4.31 Å². The lowest BCUT2D eigenvalue weighted by Crippen LogP contribution is -2.32. The Hall–Kier alpha value is -2.08. The lowest BCUT2D eigenvalue weighted by molar-refractivity contribution is -0.116. The van der Waals surface area contributed by atoms with Crippen LogP contribution >= 0.6 is 11.3 Å². The second-order valence-electron chi connectivity index (χ2n) is 5.29. The van der Waals surface area contributed by atoms with Gasteiger partial charge in [0.05, 0.1) is 17.1 Å². The predicted octanol–water partition coefficient (Wildman–Crippen LogP) is 0.592. The van der Waals surface area contributed by atoms with Crippen LogP contribution in [0.1, 0.15) is 33.8 Å². The molecule has 0 spiro atoms. The van der Waals surface area contributed by atoms with Crippen LogP contribution in [-0.4, -0.2) is 34.6 Å². The SMILES string of the molecule is NS(=O)(=O)N1Cc2[nH]nc(NC(=O)CCC(=O)c3cccs3)c2C1. The highest BCUT2D eigenvalue weighted by Gasteiger charge is 2.31. The molecule has 1 amide bonds. The number of H-pyrrole nitrogens is 1. The van der Waals surface area contributed by atoms with Crippen molar-refractivity contribution in [3.05, 3.63) is 33.6 Å². The number of anilines is 1. The lowest BCUT2D eigenvalue weighted by Gasteiger charge is -2.11. The van der Waals surface area contributed by atoms with Gasteiger partial charge in [-0.3, -0.25) is 14.7 Å². The van der Waals surface area contributed by atoms with Gasteiger partial charge in [0.15, 0.2) is 11.6 Å². The summed E-state index contributed by atoms with van der Waals surface area (Å²) in [4.78, 5) is 24.5. The van der Waals surface area contributed by atoms with Crippen LogP contribution in [0.25, 0.3) is 0 Å². The summed E-state index contributed by atoms with van der Waals surface area (Å²) in [5.74, 6) is -0.180. The number of hydrogen-bond donors (Lipinski definition) is 3. The summed E-state index contributed by atoms with van der Waals surface area (Å²) in [5, 5.41) is 16.2. The molecular weight excluding hydrogens is 354 g/mol. The van der Waals surface area contributed by atoms with Gasteiger partial charge in [0.1, 0.15) is 0 Å². The molecule has 0 saturated carbocycles. The predicted molar refractivity (Wildman–Crippen MR) is 87.5 cm³/mol. The Morgan fingerprint density at radius 2 is 2.17 bits per heavy atom. The molecule has 0 unspecified atom stereocenters. The Bertz CT molecular complexity index is 872. The molecular formula is C13H15N5O4S2. The molecule has 2 aromatic rings. The third-order valence-electron chi connectivity index (χ3n) is 3.61. The van der Waals surface area contributed by atoms with Crippen LogP contribution in [0, 0.1) is 0 Å². The second kappa shape index (κ2) is 6.43. The molecule has 0 aliphatic carbocycles. The first-order valence-electron chi connectivity index (χ1n) is 7.05. The molecule has 1 aliphatic heterocycles. The van der Waals surface area contributed by atoms with Crippen LogP contribution in [0.2, 0.25) is 0 Å². The van der Waals surface area contributed by atoms with Gasteiger partial charge in [-0.05, 0) is 11.4 Å². The molecule has 128 valence electrons. The van der Waals surface area contributed by atoms with Gasteiger partial charge >= 0.3 is 0 Å². The summed E-state index contributed by atoms with van der Waals surface area (Å²) in [7, 11) is -3.80. The zero-order valence-electron chi connectivity index (χ0n) is 12.5. The zero-order chi connectivity index (χ0) is 17.3. The average molecular weight is 369 g/mol. The van der Waals surface area contributed by atoms with Crippen molar-refractivity contribution >= 4 is 39.1 Å². The Kier molecular flexibility index (Phi) is 4.49. The highest BCUT2D eigenvalue weighted by molar-refractivity contribution is 7.86. The van der Waals surface area contributed by atoms with E-state index >= 15 is 0 Å². The quantitative estimate of drug-likeness (QED) is 0.640. The third-order valence-corrected chi connectivity index (χ3v) is 5.50. The van der Waals surface area contributed by atoms with E-state index in [4.69, 9.17) is 5.14 Å². The van der Waals surface area contributed by atoms with Crippen LogP contribution in [0.15, 0.2) is 17.5 Å². The second-order valence-corrected chi connectivity index (χ2v) is 7.79. The summed E-state index contributed by atoms with van der Waals surface area (Å²) >= 11 is 1.33. The fourth-order valence-corrected chi connectivity index (χ4v) is 3.69. The fraction of sp³-hybridized carbons (Fsp3) is 0.308. The minimum absolute atomic E-state index is 0.0251. The van der Waals surface area contributed by atoms with Crippen LogP contribution in [0.4, 0.5) is 5.82 Å². The Labute approximate surface area is 142 Å². The van der Waals surface area contributed by atoms with E-state index in [2.05, 4.69) is 15.5 Å². The maximum Gasteiger partial charge on any atom is 0.277 e. The minimum atomic E-state index is -3.80. The summed E-state index contributed by atoms with van der Waals surface area (Å²) in [6, 6.07) is 3.50. The maximum absolute atomic E-state index is 12.0. The van der Waals surface area contributed by atoms with Crippen LogP contribution < -0.4 is 10.5 Å². The van der Waals surface area contributed by atoms with Crippen molar-refractivity contribution < 1.29 is 18.0 Å². The lowest BCUT2D eigenvalue weighted by atomic mass is 10.2. The van der Waals surface area contributed by atoms with Crippen molar-refractivity contribution in [2.75, 3.05) is 5.32 Å². The monoisotopic (exact) mass is 369 g/mol. The number of aromatic amines is 1. The topological polar surface area (TPSA) is 138 Å². The van der Waals surface area contributed by atoms with Crippen molar-refractivity contribution in [1.82, 2.24) is 14.5 Å². The summed E-state index contributed by atoms with van der Waals surface area (Å²) < 4.78 is 23.8. The molecule has 1 aliphatic rings. The van der Waals surface area contributed by atoms with E-state index in [-0.39, 0.29) is 43.4 Å². The number of carbonyl (C=O) groups is 2. The third kappa shape index (κ3) is 3.53. The molecule has 0 bridgehead atoms. The van der Waals surface area contributed by atoms with Crippen molar-refractivity contribution in [3.8, 4) is 0 Å². The highest BCUT2D eigenvalue weighted by atomic mass is 32.2. The highest BCUT2D eigenvalue weighted by Crippen LogP contribution is 2.28. The molecule has 3 heterocycles. The number of fused-ring (bicyclic) bond motifs is 1. The van der Waals surface area contributed by atoms with Gasteiger partial charge in [0.25, 0.3) is 10.2 Å². The van der Waals surface area contributed by atoms with Crippen molar-refractivity contribution in [3.63, 3.8) is 0 Å². The first-order chi connectivity index (χ1) is 11.3. The van der Waals surface area contributed by atoms with E-state index in [1.165, 1.54) is 11.3 Å². The van der Waals surface area contributed by atoms with E-state index in [9.17, 15) is 18.0 Å². The number of hydrogen-bond acceptors (Lipinski definition) is 6. The zero-order valence-corrected chi connectivity index (χ0v) is 14.1. The van der Waals surface area contributed by atoms with Crippen molar-refractivity contribution in [2.45, 2.75) is 25.9 Å². The van der Waals surface area contributed by atoms with Gasteiger partial charge in [0.2, 0.25) is 5.91 Å². The molecule has 4 N–H and O–H groups in total. The van der Waals surface area contributed by atoms with Gasteiger partial charge in [-0.1, -0.05) is 6.07 Å². The van der Waals surface area contributed by atoms with E-state index in [1.54, 1.807) is 17.5 Å². The number of nitrogens with zero attached hydrogens (tertiary/aromatic N) is 2. The molecule has 24 heavy (non-hydrogen) atoms. The Morgan fingerprint density at radius 1 is 1.38 bits per heavy atom. The van der Waals surface area contributed by atoms with E-state index < -0.39 is 10.2 Å². The Balaban J connectivity index is 1.58. The summed E-state index contributed by atoms with van der Waals surface area (Å²) in [5.41, 5.74) is 1.18. The normalized spacial score (nSPS) is 14.5. The van der Waals surface area contributed by atoms with Crippen molar-refractivity contribution in [2.24, 2.45) is 5.14 Å². The van der Waals surface area contributed by atoms with Crippen LogP contribution in [-0.2, 0) is 28.1 Å². The van der Waals surface area contributed by atoms with Crippen molar-refractivity contribution in [1.29, 1.82) is 0 Å². The maximum atomic E-state index is 12.0. The molecule has 0 radical (unpaired) electrons. The number of thiophene rings is 1. The number of amides is 1. The molecule has 0 fully saturated rings. The number of carbonyl (C=O) groups excluding carboxylic acids is 2. The molecule has 0 saturated heterocycles. The van der Waals surface area contributed by atoms with Crippen LogP contribution in [0.3, 0.4) is 0 Å². The van der Waals surface area contributed by atoms with Gasteiger partial charge in [-0.2, -0.15) is 17.8 Å². The number of nitrogens with one attached hydrogen (secondary N) is 2. The summed E-state index contributed by atoms with van der Waals surface area (Å²) in [6.07, 6.45) is 0.125. The largest absolute Gasteiger partial charge is 0.309 e. The minimum Gasteiger partial charge on any atom is -0.309 e. The molecule has 9 nitrogen and oxygen atoms in total. The standard InChI is InChI=1S/C13H15N5O4S2/c14-24(21,22)18-6-8-9(7-18)16-17-13(8)15-12(20)4-3-10(19)11-2-1-5-23-11/h1-2,5H,3-4,6-7H2,(H2,14,21,22)(H2,15,16,17,20). The van der Waals surface area contributed by atoms with Crippen LogP contribution in [0.5, 0.6) is 0 Å². The summed E-state index contributed by atoms with van der Waals surface area (Å²) in [6.45, 7) is 0.141. The Morgan fingerprint density at radius 3 is 2.83 bits per heavy atom. The molecule has 0 aromatic carbocycles. The number of Topliss-reactive ketones (excluding diaryl/α,β-unsaturated/α-hetero) is 1. The fourth-order valence-electron chi connectivity index (χ4n) is 2.38. The van der Waals surface area contributed by atoms with Gasteiger partial charge in [-0.25, -0.2) is 5.14 Å². The molecule has 0 atom stereocenters. The first kappa shape index (κ1) is 16.8. The number of ketones is 1. The van der Waals surface area contributed by atoms with Gasteiger partial charge in [0, 0.05) is 24.9 Å². The van der Waals surface area contributed by atoms with Gasteiger partial charge in [-0.15, -0.1) is 11.3 Å². The van der Waals surface area contributed by atoms with E-state index in [0.29, 0.717) is 16.1 Å². The number of aromatic nitrogens is 2.